The summed E-state index contributed by atoms with van der Waals surface area (Å²) in [7, 11) is 0. The van der Waals surface area contributed by atoms with Gasteiger partial charge >= 0.3 is 5.97 Å². The van der Waals surface area contributed by atoms with Gasteiger partial charge in [0.1, 0.15) is 5.69 Å². The lowest BCUT2D eigenvalue weighted by atomic mass is 10.2. The molecule has 0 saturated carbocycles. The van der Waals surface area contributed by atoms with Crippen LogP contribution in [0, 0.1) is 18.8 Å². The summed E-state index contributed by atoms with van der Waals surface area (Å²) in [5.41, 5.74) is 2.36. The number of aliphatic carboxylic acids is 1. The van der Waals surface area contributed by atoms with E-state index in [-0.39, 0.29) is 6.42 Å². The molecule has 5 nitrogen and oxygen atoms in total. The summed E-state index contributed by atoms with van der Waals surface area (Å²) in [6, 6.07) is 11.5. The molecule has 0 aliphatic rings. The Balaban J connectivity index is 2.04. The molecule has 5 heteroatoms. The lowest BCUT2D eigenvalue weighted by Crippen LogP contribution is -2.00. The van der Waals surface area contributed by atoms with Crippen molar-refractivity contribution < 1.29 is 9.90 Å². The van der Waals surface area contributed by atoms with E-state index in [1.165, 1.54) is 0 Å². The van der Waals surface area contributed by atoms with Gasteiger partial charge in [0.2, 0.25) is 5.95 Å². The number of rotatable bonds is 5. The van der Waals surface area contributed by atoms with Crippen LogP contribution in [-0.4, -0.2) is 21.0 Å². The van der Waals surface area contributed by atoms with Crippen LogP contribution >= 0.6 is 0 Å². The Kier molecular flexibility index (Phi) is 5.50. The normalized spacial score (nSPS) is 9.68. The zero-order chi connectivity index (χ0) is 15.8. The maximum atomic E-state index is 10.4. The van der Waals surface area contributed by atoms with E-state index in [1.807, 2.05) is 37.3 Å². The molecule has 1 aromatic heterocycles. The number of carboxylic acids is 1. The fourth-order valence-corrected chi connectivity index (χ4v) is 1.82. The van der Waals surface area contributed by atoms with Crippen molar-refractivity contribution in [2.24, 2.45) is 0 Å². The van der Waals surface area contributed by atoms with E-state index in [0.29, 0.717) is 24.5 Å². The highest BCUT2D eigenvalue weighted by Crippen LogP contribution is 2.12. The lowest BCUT2D eigenvalue weighted by molar-refractivity contribution is -0.137. The van der Waals surface area contributed by atoms with Crippen LogP contribution in [0.2, 0.25) is 0 Å². The van der Waals surface area contributed by atoms with Crippen LogP contribution < -0.4 is 5.32 Å². The standard InChI is InChI=1S/C17H17N3O2/c1-13-12-15(10-6-3-7-11-16(21)22)20-17(18-13)19-14-8-4-2-5-9-14/h2,4-5,8-9,12H,3,7,11H2,1H3,(H,21,22)(H,18,19,20). The predicted octanol–water partition coefficient (Wildman–Crippen LogP) is 3.14. The second-order valence-corrected chi connectivity index (χ2v) is 4.76. The fourth-order valence-electron chi connectivity index (χ4n) is 1.82. The molecular formula is C17H17N3O2. The van der Waals surface area contributed by atoms with Crippen molar-refractivity contribution in [1.82, 2.24) is 9.97 Å². The van der Waals surface area contributed by atoms with Gasteiger partial charge in [-0.05, 0) is 37.5 Å². The predicted molar refractivity (Wildman–Crippen MR) is 84.9 cm³/mol. The molecule has 0 atom stereocenters. The van der Waals surface area contributed by atoms with E-state index in [2.05, 4.69) is 27.1 Å². The molecule has 0 radical (unpaired) electrons. The third-order valence-corrected chi connectivity index (χ3v) is 2.79. The second kappa shape index (κ2) is 7.79. The number of carboxylic acid groups (broad SMARTS) is 1. The molecule has 112 valence electrons. The Labute approximate surface area is 129 Å². The Morgan fingerprint density at radius 2 is 2.05 bits per heavy atom. The number of nitrogens with one attached hydrogen (secondary N) is 1. The first-order valence-electron chi connectivity index (χ1n) is 7.02. The summed E-state index contributed by atoms with van der Waals surface area (Å²) >= 11 is 0. The van der Waals surface area contributed by atoms with Crippen LogP contribution in [0.3, 0.4) is 0 Å². The van der Waals surface area contributed by atoms with Crippen LogP contribution in [0.4, 0.5) is 11.6 Å². The highest BCUT2D eigenvalue weighted by Gasteiger charge is 2.01. The molecule has 1 heterocycles. The molecule has 0 bridgehead atoms. The molecular weight excluding hydrogens is 278 g/mol. The quantitative estimate of drug-likeness (QED) is 0.654. The third-order valence-electron chi connectivity index (χ3n) is 2.79. The van der Waals surface area contributed by atoms with Gasteiger partial charge < -0.3 is 10.4 Å². The number of anilines is 2. The van der Waals surface area contributed by atoms with Crippen molar-refractivity contribution in [3.05, 3.63) is 47.8 Å². The van der Waals surface area contributed by atoms with Crippen molar-refractivity contribution in [2.45, 2.75) is 26.2 Å². The summed E-state index contributed by atoms with van der Waals surface area (Å²) in [6.45, 7) is 1.88. The van der Waals surface area contributed by atoms with Gasteiger partial charge in [0.25, 0.3) is 0 Å². The number of unbranched alkanes of at least 4 members (excludes halogenated alkanes) is 1. The zero-order valence-corrected chi connectivity index (χ0v) is 12.3. The van der Waals surface area contributed by atoms with E-state index >= 15 is 0 Å². The molecule has 0 aliphatic heterocycles. The minimum absolute atomic E-state index is 0.137. The molecule has 0 spiro atoms. The van der Waals surface area contributed by atoms with Gasteiger partial charge in [-0.25, -0.2) is 9.97 Å². The monoisotopic (exact) mass is 295 g/mol. The SMILES string of the molecule is Cc1cc(C#CCCCC(=O)O)nc(Nc2ccccc2)n1. The van der Waals surface area contributed by atoms with Crippen LogP contribution in [0.5, 0.6) is 0 Å². The molecule has 2 rings (SSSR count). The van der Waals surface area contributed by atoms with Gasteiger partial charge in [-0.3, -0.25) is 4.79 Å². The third kappa shape index (κ3) is 5.25. The van der Waals surface area contributed by atoms with Crippen LogP contribution in [0.1, 0.15) is 30.7 Å². The number of para-hydroxylation sites is 1. The van der Waals surface area contributed by atoms with Crippen LogP contribution in [0.15, 0.2) is 36.4 Å². The largest absolute Gasteiger partial charge is 0.481 e. The van der Waals surface area contributed by atoms with Gasteiger partial charge in [-0.2, -0.15) is 0 Å². The van der Waals surface area contributed by atoms with E-state index in [1.54, 1.807) is 6.07 Å². The second-order valence-electron chi connectivity index (χ2n) is 4.76. The van der Waals surface area contributed by atoms with E-state index in [9.17, 15) is 4.79 Å². The number of carbonyl (C=O) groups is 1. The van der Waals surface area contributed by atoms with E-state index in [4.69, 9.17) is 5.11 Å². The van der Waals surface area contributed by atoms with E-state index < -0.39 is 5.97 Å². The number of benzene rings is 1. The van der Waals surface area contributed by atoms with Crippen molar-refractivity contribution in [2.75, 3.05) is 5.32 Å². The maximum Gasteiger partial charge on any atom is 0.303 e. The highest BCUT2D eigenvalue weighted by atomic mass is 16.4. The van der Waals surface area contributed by atoms with Gasteiger partial charge in [-0.1, -0.05) is 24.1 Å². The molecule has 0 fully saturated rings. The molecule has 1 aromatic carbocycles. The summed E-state index contributed by atoms with van der Waals surface area (Å²) in [5.74, 6) is 5.60. The van der Waals surface area contributed by atoms with Crippen LogP contribution in [0.25, 0.3) is 0 Å². The molecule has 2 N–H and O–H groups in total. The molecule has 22 heavy (non-hydrogen) atoms. The number of nitrogens with zero attached hydrogens (tertiary/aromatic N) is 2. The number of hydrogen-bond donors (Lipinski definition) is 2. The minimum Gasteiger partial charge on any atom is -0.481 e. The minimum atomic E-state index is -0.797. The van der Waals surface area contributed by atoms with Gasteiger partial charge in [-0.15, -0.1) is 0 Å². The van der Waals surface area contributed by atoms with Crippen molar-refractivity contribution in [3.63, 3.8) is 0 Å². The molecule has 0 aliphatic carbocycles. The smallest absolute Gasteiger partial charge is 0.303 e. The molecule has 0 unspecified atom stereocenters. The summed E-state index contributed by atoms with van der Waals surface area (Å²) < 4.78 is 0. The van der Waals surface area contributed by atoms with Crippen molar-refractivity contribution in [3.8, 4) is 11.8 Å². The first-order chi connectivity index (χ1) is 10.6. The Hall–Kier alpha value is -2.87. The van der Waals surface area contributed by atoms with Crippen molar-refractivity contribution in [1.29, 1.82) is 0 Å². The molecule has 0 amide bonds. The summed E-state index contributed by atoms with van der Waals surface area (Å²) in [4.78, 5) is 19.1. The average molecular weight is 295 g/mol. The van der Waals surface area contributed by atoms with E-state index in [0.717, 1.165) is 11.4 Å². The molecule has 2 aromatic rings. The summed E-state index contributed by atoms with van der Waals surface area (Å²) in [5, 5.41) is 11.7. The van der Waals surface area contributed by atoms with Gasteiger partial charge in [0.15, 0.2) is 0 Å². The van der Waals surface area contributed by atoms with Gasteiger partial charge in [0.05, 0.1) is 0 Å². The fraction of sp³-hybridized carbons (Fsp3) is 0.235. The van der Waals surface area contributed by atoms with Crippen molar-refractivity contribution >= 4 is 17.6 Å². The molecule has 0 saturated heterocycles. The Morgan fingerprint density at radius 1 is 1.27 bits per heavy atom. The topological polar surface area (TPSA) is 75.1 Å². The lowest BCUT2D eigenvalue weighted by Gasteiger charge is -2.05. The Bertz CT molecular complexity index is 703. The highest BCUT2D eigenvalue weighted by molar-refractivity contribution is 5.66. The number of aromatic nitrogens is 2. The zero-order valence-electron chi connectivity index (χ0n) is 12.3. The Morgan fingerprint density at radius 3 is 2.77 bits per heavy atom. The average Bonchev–Trinajstić information content (AvgIpc) is 2.47. The van der Waals surface area contributed by atoms with Crippen LogP contribution in [-0.2, 0) is 4.79 Å². The number of aryl methyl sites for hydroxylation is 1. The first-order valence-corrected chi connectivity index (χ1v) is 7.02. The number of hydrogen-bond acceptors (Lipinski definition) is 4. The first kappa shape index (κ1) is 15.5. The summed E-state index contributed by atoms with van der Waals surface area (Å²) in [6.07, 6.45) is 1.22. The van der Waals surface area contributed by atoms with Gasteiger partial charge in [0, 0.05) is 24.2 Å². The maximum absolute atomic E-state index is 10.4.